The molecular weight excluding hydrogens is 234 g/mol. The summed E-state index contributed by atoms with van der Waals surface area (Å²) in [7, 11) is 0. The Morgan fingerprint density at radius 1 is 1.29 bits per heavy atom. The van der Waals surface area contributed by atoms with Crippen LogP contribution >= 0.6 is 11.6 Å². The Hall–Kier alpha value is -1.32. The minimum absolute atomic E-state index is 0.369. The first kappa shape index (κ1) is 12.1. The van der Waals surface area contributed by atoms with Crippen molar-refractivity contribution >= 4 is 11.6 Å². The molecule has 0 bridgehead atoms. The second kappa shape index (κ2) is 5.34. The second-order valence-electron chi connectivity index (χ2n) is 4.00. The summed E-state index contributed by atoms with van der Waals surface area (Å²) < 4.78 is 0. The molecule has 0 radical (unpaired) electrons. The molecule has 0 fully saturated rings. The molecule has 1 heterocycles. The van der Waals surface area contributed by atoms with Crippen LogP contribution in [0.5, 0.6) is 0 Å². The van der Waals surface area contributed by atoms with Crippen LogP contribution < -0.4 is 5.73 Å². The molecule has 2 aromatic rings. The Labute approximate surface area is 106 Å². The van der Waals surface area contributed by atoms with Gasteiger partial charge in [0.05, 0.1) is 6.54 Å². The lowest BCUT2D eigenvalue weighted by molar-refractivity contribution is 0.922. The highest BCUT2D eigenvalue weighted by Crippen LogP contribution is 2.25. The molecule has 0 aliphatic rings. The third kappa shape index (κ3) is 2.68. The topological polar surface area (TPSA) is 54.7 Å². The van der Waals surface area contributed by atoms with E-state index in [0.717, 1.165) is 24.1 Å². The van der Waals surface area contributed by atoms with Gasteiger partial charge in [-0.05, 0) is 12.0 Å². The summed E-state index contributed by atoms with van der Waals surface area (Å²) in [6.45, 7) is 2.54. The van der Waals surface area contributed by atoms with Gasteiger partial charge < -0.3 is 10.7 Å². The van der Waals surface area contributed by atoms with E-state index in [9.17, 15) is 0 Å². The minimum Gasteiger partial charge on any atom is -0.331 e. The van der Waals surface area contributed by atoms with Gasteiger partial charge in [0, 0.05) is 5.56 Å². The number of hydrogen-bond donors (Lipinski definition) is 2. The Balaban J connectivity index is 2.29. The highest BCUT2D eigenvalue weighted by atomic mass is 35.5. The predicted octanol–water partition coefficient (Wildman–Crippen LogP) is 3.14. The van der Waals surface area contributed by atoms with Crippen LogP contribution in [0.25, 0.3) is 11.3 Å². The fourth-order valence-corrected chi connectivity index (χ4v) is 2.06. The average molecular weight is 250 g/mol. The largest absolute Gasteiger partial charge is 0.331 e. The van der Waals surface area contributed by atoms with Crippen LogP contribution in [-0.4, -0.2) is 9.97 Å². The maximum Gasteiger partial charge on any atom is 0.134 e. The summed E-state index contributed by atoms with van der Waals surface area (Å²) in [4.78, 5) is 7.32. The SMILES string of the molecule is CCCc1ccc(-c2nc(CN)[nH]c2Cl)cc1. The summed E-state index contributed by atoms with van der Waals surface area (Å²) in [5, 5.41) is 0.550. The first-order valence-electron chi connectivity index (χ1n) is 5.78. The summed E-state index contributed by atoms with van der Waals surface area (Å²) in [6.07, 6.45) is 2.25. The van der Waals surface area contributed by atoms with E-state index in [-0.39, 0.29) is 0 Å². The van der Waals surface area contributed by atoms with Gasteiger partial charge in [-0.1, -0.05) is 49.2 Å². The molecule has 90 valence electrons. The number of aromatic nitrogens is 2. The van der Waals surface area contributed by atoms with Crippen molar-refractivity contribution in [3.05, 3.63) is 40.8 Å². The van der Waals surface area contributed by atoms with Gasteiger partial charge in [0.2, 0.25) is 0 Å². The van der Waals surface area contributed by atoms with Crippen molar-refractivity contribution in [2.45, 2.75) is 26.3 Å². The van der Waals surface area contributed by atoms with Crippen molar-refractivity contribution in [2.75, 3.05) is 0 Å². The van der Waals surface area contributed by atoms with E-state index in [0.29, 0.717) is 17.5 Å². The summed E-state index contributed by atoms with van der Waals surface area (Å²) in [5.41, 5.74) is 8.65. The summed E-state index contributed by atoms with van der Waals surface area (Å²) in [5.74, 6) is 0.711. The molecule has 0 amide bonds. The third-order valence-electron chi connectivity index (χ3n) is 2.67. The van der Waals surface area contributed by atoms with Crippen molar-refractivity contribution in [3.8, 4) is 11.3 Å². The molecule has 0 aliphatic carbocycles. The normalized spacial score (nSPS) is 10.8. The summed E-state index contributed by atoms with van der Waals surface area (Å²) >= 11 is 6.09. The molecule has 3 N–H and O–H groups in total. The number of nitrogens with one attached hydrogen (secondary N) is 1. The zero-order valence-electron chi connectivity index (χ0n) is 9.83. The molecule has 0 spiro atoms. The molecule has 1 aromatic heterocycles. The predicted molar refractivity (Wildman–Crippen MR) is 70.9 cm³/mol. The number of nitrogens with two attached hydrogens (primary N) is 1. The Bertz CT molecular complexity index is 488. The lowest BCUT2D eigenvalue weighted by atomic mass is 10.1. The smallest absolute Gasteiger partial charge is 0.134 e. The molecule has 0 saturated carbocycles. The first-order valence-corrected chi connectivity index (χ1v) is 6.16. The molecule has 0 unspecified atom stereocenters. The molecule has 1 aromatic carbocycles. The zero-order chi connectivity index (χ0) is 12.3. The van der Waals surface area contributed by atoms with Crippen molar-refractivity contribution in [3.63, 3.8) is 0 Å². The van der Waals surface area contributed by atoms with E-state index in [2.05, 4.69) is 29.0 Å². The molecule has 0 aliphatic heterocycles. The Kier molecular flexibility index (Phi) is 3.82. The highest BCUT2D eigenvalue weighted by Gasteiger charge is 2.09. The van der Waals surface area contributed by atoms with Crippen LogP contribution in [0.15, 0.2) is 24.3 Å². The van der Waals surface area contributed by atoms with Gasteiger partial charge in [-0.15, -0.1) is 0 Å². The highest BCUT2D eigenvalue weighted by molar-refractivity contribution is 6.31. The maximum atomic E-state index is 6.09. The number of H-pyrrole nitrogens is 1. The fraction of sp³-hybridized carbons (Fsp3) is 0.308. The van der Waals surface area contributed by atoms with Crippen molar-refractivity contribution in [1.82, 2.24) is 9.97 Å². The zero-order valence-corrected chi connectivity index (χ0v) is 10.6. The molecule has 4 heteroatoms. The van der Waals surface area contributed by atoms with Crippen molar-refractivity contribution in [1.29, 1.82) is 0 Å². The maximum absolute atomic E-state index is 6.09. The van der Waals surface area contributed by atoms with Gasteiger partial charge in [0.25, 0.3) is 0 Å². The number of nitrogens with zero attached hydrogens (tertiary/aromatic N) is 1. The van der Waals surface area contributed by atoms with Gasteiger partial charge in [-0.25, -0.2) is 4.98 Å². The van der Waals surface area contributed by atoms with Crippen LogP contribution in [0.4, 0.5) is 0 Å². The van der Waals surface area contributed by atoms with Gasteiger partial charge in [0.15, 0.2) is 0 Å². The Morgan fingerprint density at radius 2 is 2.00 bits per heavy atom. The number of rotatable bonds is 4. The number of aryl methyl sites for hydroxylation is 1. The fourth-order valence-electron chi connectivity index (χ4n) is 1.80. The van der Waals surface area contributed by atoms with Gasteiger partial charge in [0.1, 0.15) is 16.7 Å². The average Bonchev–Trinajstić information content (AvgIpc) is 2.72. The number of imidazole rings is 1. The van der Waals surface area contributed by atoms with Crippen molar-refractivity contribution < 1.29 is 0 Å². The van der Waals surface area contributed by atoms with E-state index in [4.69, 9.17) is 17.3 Å². The Morgan fingerprint density at radius 3 is 2.53 bits per heavy atom. The third-order valence-corrected chi connectivity index (χ3v) is 2.94. The van der Waals surface area contributed by atoms with E-state index in [1.54, 1.807) is 0 Å². The molecule has 17 heavy (non-hydrogen) atoms. The molecular formula is C13H16ClN3. The molecule has 0 atom stereocenters. The van der Waals surface area contributed by atoms with Crippen LogP contribution in [0.2, 0.25) is 5.15 Å². The van der Waals surface area contributed by atoms with Gasteiger partial charge >= 0.3 is 0 Å². The molecule has 3 nitrogen and oxygen atoms in total. The number of aromatic amines is 1. The number of hydrogen-bond acceptors (Lipinski definition) is 2. The van der Waals surface area contributed by atoms with E-state index in [1.807, 2.05) is 12.1 Å². The van der Waals surface area contributed by atoms with Gasteiger partial charge in [-0.2, -0.15) is 0 Å². The lowest BCUT2D eigenvalue weighted by Gasteiger charge is -2.01. The first-order chi connectivity index (χ1) is 8.24. The second-order valence-corrected chi connectivity index (χ2v) is 4.38. The standard InChI is InChI=1S/C13H16ClN3/c1-2-3-9-4-6-10(7-5-9)12-13(14)17-11(8-15)16-12/h4-7H,2-3,8,15H2,1H3,(H,16,17). The molecule has 0 saturated heterocycles. The van der Waals surface area contributed by atoms with Crippen LogP contribution in [0.3, 0.4) is 0 Å². The van der Waals surface area contributed by atoms with Crippen LogP contribution in [0, 0.1) is 0 Å². The van der Waals surface area contributed by atoms with Crippen molar-refractivity contribution in [2.24, 2.45) is 5.73 Å². The monoisotopic (exact) mass is 249 g/mol. The van der Waals surface area contributed by atoms with E-state index < -0.39 is 0 Å². The van der Waals surface area contributed by atoms with E-state index >= 15 is 0 Å². The lowest BCUT2D eigenvalue weighted by Crippen LogP contribution is -1.97. The quantitative estimate of drug-likeness (QED) is 0.875. The van der Waals surface area contributed by atoms with Crippen LogP contribution in [0.1, 0.15) is 24.7 Å². The van der Waals surface area contributed by atoms with Gasteiger partial charge in [-0.3, -0.25) is 0 Å². The number of halogens is 1. The summed E-state index contributed by atoms with van der Waals surface area (Å²) in [6, 6.07) is 8.33. The number of benzene rings is 1. The minimum atomic E-state index is 0.369. The molecule has 2 rings (SSSR count). The van der Waals surface area contributed by atoms with Crippen LogP contribution in [-0.2, 0) is 13.0 Å². The van der Waals surface area contributed by atoms with E-state index in [1.165, 1.54) is 5.56 Å².